The van der Waals surface area contributed by atoms with Crippen LogP contribution in [0.25, 0.3) is 10.4 Å². The highest BCUT2D eigenvalue weighted by Crippen LogP contribution is 2.19. The molecule has 7 heteroatoms. The molecule has 0 spiro atoms. The van der Waals surface area contributed by atoms with E-state index in [-0.39, 0.29) is 6.29 Å². The van der Waals surface area contributed by atoms with Crippen molar-refractivity contribution >= 4 is 0 Å². The Balaban J connectivity index is 1.48. The second-order valence-corrected chi connectivity index (χ2v) is 7.96. The Bertz CT molecular complexity index is 798. The largest absolute Gasteiger partial charge is 0.349 e. The molecule has 0 aliphatic carbocycles. The van der Waals surface area contributed by atoms with Gasteiger partial charge in [-0.2, -0.15) is 0 Å². The van der Waals surface area contributed by atoms with Gasteiger partial charge in [0.2, 0.25) is 0 Å². The maximum absolute atomic E-state index is 8.37. The Labute approximate surface area is 198 Å². The van der Waals surface area contributed by atoms with Crippen LogP contribution in [0, 0.1) is 0 Å². The van der Waals surface area contributed by atoms with E-state index in [1.165, 1.54) is 36.8 Å². The molecule has 0 heterocycles. The van der Waals surface area contributed by atoms with Crippen LogP contribution in [0.3, 0.4) is 0 Å². The molecule has 0 saturated heterocycles. The maximum Gasteiger partial charge on any atom is 0.183 e. The van der Waals surface area contributed by atoms with Crippen molar-refractivity contribution in [3.05, 3.63) is 81.2 Å². The molecular weight excluding hydrogens is 414 g/mol. The highest BCUT2D eigenvalue weighted by molar-refractivity contribution is 5.23. The molecule has 0 saturated carbocycles. The Morgan fingerprint density at radius 1 is 0.758 bits per heavy atom. The molecule has 2 N–H and O–H groups in total. The number of rotatable bonds is 18. The first-order valence-electron chi connectivity index (χ1n) is 12.1. The minimum atomic E-state index is -0.271. The lowest BCUT2D eigenvalue weighted by molar-refractivity contribution is -0.140. The number of hydrogen-bond donors (Lipinski definition) is 2. The quantitative estimate of drug-likeness (QED) is 0.0951. The van der Waals surface area contributed by atoms with Gasteiger partial charge < -0.3 is 20.1 Å². The fourth-order valence-corrected chi connectivity index (χ4v) is 3.53. The summed E-state index contributed by atoms with van der Waals surface area (Å²) in [5.41, 5.74) is 13.0. The SMILES string of the molecule is CCOC(OCC)c1ccc(CNCCCCCCNCc2ccc(CN=[N+]=[N-])cc2)cc1. The van der Waals surface area contributed by atoms with Crippen LogP contribution in [0.4, 0.5) is 0 Å². The van der Waals surface area contributed by atoms with Crippen molar-refractivity contribution in [1.82, 2.24) is 10.6 Å². The van der Waals surface area contributed by atoms with Crippen molar-refractivity contribution in [3.63, 3.8) is 0 Å². The van der Waals surface area contributed by atoms with Crippen LogP contribution in [0.15, 0.2) is 53.6 Å². The normalized spacial score (nSPS) is 11.0. The number of ether oxygens (including phenoxy) is 2. The van der Waals surface area contributed by atoms with Crippen LogP contribution in [0.1, 0.15) is 68.1 Å². The summed E-state index contributed by atoms with van der Waals surface area (Å²) in [4.78, 5) is 2.79. The summed E-state index contributed by atoms with van der Waals surface area (Å²) in [5, 5.41) is 10.6. The van der Waals surface area contributed by atoms with Crippen molar-refractivity contribution in [1.29, 1.82) is 0 Å². The fourth-order valence-electron chi connectivity index (χ4n) is 3.53. The standard InChI is InChI=1S/C26H39N5O2/c1-3-32-26(33-4-2)25-15-13-23(14-16-25)20-29-18-8-6-5-7-17-28-19-22-9-11-24(12-10-22)21-30-31-27/h9-16,26,28-29H,3-8,17-21H2,1-2H3. The van der Waals surface area contributed by atoms with Crippen molar-refractivity contribution in [2.75, 3.05) is 26.3 Å². The molecule has 0 unspecified atom stereocenters. The number of nitrogens with one attached hydrogen (secondary N) is 2. The van der Waals surface area contributed by atoms with Gasteiger partial charge in [0.15, 0.2) is 6.29 Å². The number of unbranched alkanes of at least 4 members (excludes halogenated alkanes) is 3. The molecule has 0 radical (unpaired) electrons. The summed E-state index contributed by atoms with van der Waals surface area (Å²) in [6.45, 7) is 9.49. The van der Waals surface area contributed by atoms with Crippen molar-refractivity contribution < 1.29 is 9.47 Å². The van der Waals surface area contributed by atoms with Crippen LogP contribution < -0.4 is 10.6 Å². The van der Waals surface area contributed by atoms with E-state index < -0.39 is 0 Å². The Kier molecular flexibility index (Phi) is 13.9. The minimum absolute atomic E-state index is 0.271. The number of nitrogens with zero attached hydrogens (tertiary/aromatic N) is 3. The summed E-state index contributed by atoms with van der Waals surface area (Å²) in [6.07, 6.45) is 4.60. The van der Waals surface area contributed by atoms with Crippen LogP contribution in [-0.2, 0) is 29.1 Å². The minimum Gasteiger partial charge on any atom is -0.349 e. The average molecular weight is 454 g/mol. The first-order valence-corrected chi connectivity index (χ1v) is 12.1. The average Bonchev–Trinajstić information content (AvgIpc) is 2.85. The highest BCUT2D eigenvalue weighted by Gasteiger charge is 2.10. The first-order chi connectivity index (χ1) is 16.3. The van der Waals surface area contributed by atoms with Crippen LogP contribution in [0.2, 0.25) is 0 Å². The van der Waals surface area contributed by atoms with E-state index in [4.69, 9.17) is 15.0 Å². The number of azide groups is 1. The molecule has 0 amide bonds. The van der Waals surface area contributed by atoms with E-state index in [2.05, 4.69) is 57.1 Å². The Morgan fingerprint density at radius 2 is 1.24 bits per heavy atom. The molecule has 33 heavy (non-hydrogen) atoms. The molecule has 2 aromatic rings. The molecule has 0 bridgehead atoms. The van der Waals surface area contributed by atoms with Gasteiger partial charge in [0.1, 0.15) is 0 Å². The second-order valence-electron chi connectivity index (χ2n) is 7.96. The van der Waals surface area contributed by atoms with Crippen LogP contribution >= 0.6 is 0 Å². The van der Waals surface area contributed by atoms with Gasteiger partial charge in [-0.3, -0.25) is 0 Å². The summed E-state index contributed by atoms with van der Waals surface area (Å²) >= 11 is 0. The summed E-state index contributed by atoms with van der Waals surface area (Å²) in [7, 11) is 0. The third-order valence-electron chi connectivity index (χ3n) is 5.34. The molecule has 7 nitrogen and oxygen atoms in total. The molecule has 2 rings (SSSR count). The molecule has 180 valence electrons. The van der Waals surface area contributed by atoms with Crippen molar-refractivity contribution in [2.45, 2.75) is 65.5 Å². The first kappa shape index (κ1) is 26.8. The topological polar surface area (TPSA) is 91.3 Å². The summed E-state index contributed by atoms with van der Waals surface area (Å²) in [6, 6.07) is 16.7. The molecule has 0 aliphatic heterocycles. The van der Waals surface area contributed by atoms with Gasteiger partial charge in [-0.15, -0.1) is 0 Å². The third-order valence-corrected chi connectivity index (χ3v) is 5.34. The van der Waals surface area contributed by atoms with Gasteiger partial charge >= 0.3 is 0 Å². The lowest BCUT2D eigenvalue weighted by atomic mass is 10.1. The zero-order valence-electron chi connectivity index (χ0n) is 20.1. The van der Waals surface area contributed by atoms with E-state index in [0.29, 0.717) is 19.8 Å². The van der Waals surface area contributed by atoms with Gasteiger partial charge in [0, 0.05) is 36.8 Å². The highest BCUT2D eigenvalue weighted by atomic mass is 16.7. The molecule has 0 aromatic heterocycles. The lowest BCUT2D eigenvalue weighted by Crippen LogP contribution is -2.16. The Hall–Kier alpha value is -2.41. The Morgan fingerprint density at radius 3 is 1.73 bits per heavy atom. The van der Waals surface area contributed by atoms with E-state index in [1.807, 2.05) is 26.0 Å². The molecule has 0 atom stereocenters. The van der Waals surface area contributed by atoms with Crippen molar-refractivity contribution in [2.24, 2.45) is 5.11 Å². The second kappa shape index (κ2) is 17.1. The van der Waals surface area contributed by atoms with Gasteiger partial charge in [-0.05, 0) is 62.0 Å². The monoisotopic (exact) mass is 453 g/mol. The van der Waals surface area contributed by atoms with E-state index in [9.17, 15) is 0 Å². The van der Waals surface area contributed by atoms with Gasteiger partial charge in [0.25, 0.3) is 0 Å². The van der Waals surface area contributed by atoms with Crippen molar-refractivity contribution in [3.8, 4) is 0 Å². The third kappa shape index (κ3) is 11.3. The summed E-state index contributed by atoms with van der Waals surface area (Å²) in [5.74, 6) is 0. The van der Waals surface area contributed by atoms with E-state index in [0.717, 1.165) is 37.3 Å². The number of benzene rings is 2. The number of hydrogen-bond acceptors (Lipinski definition) is 5. The summed E-state index contributed by atoms with van der Waals surface area (Å²) < 4.78 is 11.3. The fraction of sp³-hybridized carbons (Fsp3) is 0.538. The molecule has 0 aliphatic rings. The smallest absolute Gasteiger partial charge is 0.183 e. The molecular formula is C26H39N5O2. The predicted molar refractivity (Wildman–Crippen MR) is 134 cm³/mol. The molecule has 2 aromatic carbocycles. The maximum atomic E-state index is 8.37. The van der Waals surface area contributed by atoms with E-state index in [1.54, 1.807) is 0 Å². The van der Waals surface area contributed by atoms with Gasteiger partial charge in [-0.25, -0.2) is 0 Å². The van der Waals surface area contributed by atoms with Gasteiger partial charge in [-0.1, -0.05) is 66.5 Å². The van der Waals surface area contributed by atoms with Crippen LogP contribution in [0.5, 0.6) is 0 Å². The van der Waals surface area contributed by atoms with Crippen LogP contribution in [-0.4, -0.2) is 26.3 Å². The van der Waals surface area contributed by atoms with E-state index >= 15 is 0 Å². The zero-order valence-corrected chi connectivity index (χ0v) is 20.1. The molecule has 0 fully saturated rings. The lowest BCUT2D eigenvalue weighted by Gasteiger charge is -2.17. The predicted octanol–water partition coefficient (Wildman–Crippen LogP) is 6.01. The van der Waals surface area contributed by atoms with Gasteiger partial charge in [0.05, 0.1) is 6.54 Å². The zero-order chi connectivity index (χ0) is 23.6.